The van der Waals surface area contributed by atoms with Crippen molar-refractivity contribution in [2.75, 3.05) is 25.0 Å². The number of hydrogen-bond donors (Lipinski definition) is 1. The van der Waals surface area contributed by atoms with Crippen LogP contribution in [0.2, 0.25) is 0 Å². The fourth-order valence-electron chi connectivity index (χ4n) is 2.82. The van der Waals surface area contributed by atoms with E-state index in [1.807, 2.05) is 52.9 Å². The molecule has 3 aromatic heterocycles. The Morgan fingerprint density at radius 1 is 1.29 bits per heavy atom. The van der Waals surface area contributed by atoms with Crippen molar-refractivity contribution in [3.05, 3.63) is 60.1 Å². The summed E-state index contributed by atoms with van der Waals surface area (Å²) in [6, 6.07) is 9.85. The van der Waals surface area contributed by atoms with Gasteiger partial charge < -0.3 is 10.2 Å². The zero-order valence-electron chi connectivity index (χ0n) is 15.3. The van der Waals surface area contributed by atoms with E-state index in [4.69, 9.17) is 0 Å². The Morgan fingerprint density at radius 3 is 3.00 bits per heavy atom. The first kappa shape index (κ1) is 18.1. The van der Waals surface area contributed by atoms with Crippen molar-refractivity contribution in [2.24, 2.45) is 0 Å². The van der Waals surface area contributed by atoms with Gasteiger partial charge in [0.1, 0.15) is 17.0 Å². The van der Waals surface area contributed by atoms with Crippen LogP contribution in [0.3, 0.4) is 0 Å². The van der Waals surface area contributed by atoms with Crippen LogP contribution in [-0.4, -0.2) is 50.6 Å². The molecule has 0 atom stereocenters. The fourth-order valence-corrected chi connectivity index (χ4v) is 3.63. The van der Waals surface area contributed by atoms with Gasteiger partial charge in [-0.05, 0) is 6.42 Å². The second kappa shape index (κ2) is 8.13. The average molecular weight is 393 g/mol. The average Bonchev–Trinajstić information content (AvgIpc) is 3.41. The van der Waals surface area contributed by atoms with Gasteiger partial charge in [-0.25, -0.2) is 9.97 Å². The maximum atomic E-state index is 12.3. The molecule has 0 spiro atoms. The van der Waals surface area contributed by atoms with Crippen molar-refractivity contribution in [1.82, 2.24) is 29.9 Å². The molecule has 0 aliphatic rings. The molecule has 1 N–H and O–H groups in total. The lowest BCUT2D eigenvalue weighted by Crippen LogP contribution is -2.28. The lowest BCUT2D eigenvalue weighted by molar-refractivity contribution is 0.0949. The monoisotopic (exact) mass is 393 g/mol. The third-order valence-corrected chi connectivity index (χ3v) is 5.16. The molecule has 142 valence electrons. The first-order chi connectivity index (χ1) is 13.7. The third kappa shape index (κ3) is 3.84. The van der Waals surface area contributed by atoms with E-state index >= 15 is 0 Å². The second-order valence-electron chi connectivity index (χ2n) is 6.25. The van der Waals surface area contributed by atoms with Crippen LogP contribution in [0.25, 0.3) is 16.2 Å². The summed E-state index contributed by atoms with van der Waals surface area (Å²) in [7, 11) is 1.95. The first-order valence-electron chi connectivity index (χ1n) is 8.87. The topological polar surface area (TPSA) is 88.3 Å². The highest BCUT2D eigenvalue weighted by Crippen LogP contribution is 2.23. The number of carbonyl (C=O) groups excluding carboxylic acids is 1. The quantitative estimate of drug-likeness (QED) is 0.486. The maximum Gasteiger partial charge on any atom is 0.270 e. The predicted molar refractivity (Wildman–Crippen MR) is 109 cm³/mol. The maximum absolute atomic E-state index is 12.3. The van der Waals surface area contributed by atoms with Gasteiger partial charge in [-0.1, -0.05) is 30.3 Å². The number of hydrogen-bond acceptors (Lipinski definition) is 7. The van der Waals surface area contributed by atoms with Crippen LogP contribution < -0.4 is 10.2 Å². The standard InChI is InChI=1S/C19H19N7OS/c1-25(16-17-24-22-13-26(17)11-9-20-16)10-5-8-21-18(27)15-12-28-19(23-15)14-6-3-2-4-7-14/h2-4,6-7,9,11-13H,5,8,10H2,1H3,(H,21,27). The molecule has 9 heteroatoms. The molecule has 0 fully saturated rings. The molecule has 0 saturated carbocycles. The van der Waals surface area contributed by atoms with Gasteiger partial charge in [-0.15, -0.1) is 21.5 Å². The molecule has 3 heterocycles. The smallest absolute Gasteiger partial charge is 0.270 e. The summed E-state index contributed by atoms with van der Waals surface area (Å²) in [4.78, 5) is 23.2. The van der Waals surface area contributed by atoms with Gasteiger partial charge in [-0.3, -0.25) is 9.20 Å². The highest BCUT2D eigenvalue weighted by Gasteiger charge is 2.12. The molecular weight excluding hydrogens is 374 g/mol. The van der Waals surface area contributed by atoms with E-state index in [9.17, 15) is 4.79 Å². The number of thiazole rings is 1. The Labute approximate surface area is 165 Å². The van der Waals surface area contributed by atoms with Gasteiger partial charge in [0.25, 0.3) is 5.91 Å². The van der Waals surface area contributed by atoms with E-state index in [-0.39, 0.29) is 5.91 Å². The molecular formula is C19H19N7OS. The van der Waals surface area contributed by atoms with Gasteiger partial charge in [0.2, 0.25) is 5.65 Å². The van der Waals surface area contributed by atoms with Crippen LogP contribution in [0, 0.1) is 0 Å². The molecule has 4 rings (SSSR count). The van der Waals surface area contributed by atoms with Crippen LogP contribution in [0.5, 0.6) is 0 Å². The van der Waals surface area contributed by atoms with Crippen molar-refractivity contribution in [3.8, 4) is 10.6 Å². The molecule has 4 aromatic rings. The largest absolute Gasteiger partial charge is 0.356 e. The van der Waals surface area contributed by atoms with Crippen molar-refractivity contribution >= 4 is 28.7 Å². The lowest BCUT2D eigenvalue weighted by atomic mass is 10.2. The zero-order chi connectivity index (χ0) is 19.3. The number of anilines is 1. The Hall–Kier alpha value is -3.33. The molecule has 1 amide bonds. The molecule has 0 radical (unpaired) electrons. The Kier molecular flexibility index (Phi) is 5.24. The van der Waals surface area contributed by atoms with Crippen LogP contribution in [0.15, 0.2) is 54.4 Å². The summed E-state index contributed by atoms with van der Waals surface area (Å²) in [6.45, 7) is 1.28. The fraction of sp³-hybridized carbons (Fsp3) is 0.211. The molecule has 28 heavy (non-hydrogen) atoms. The first-order valence-corrected chi connectivity index (χ1v) is 9.75. The molecule has 0 unspecified atom stereocenters. The molecule has 0 aliphatic heterocycles. The Balaban J connectivity index is 1.29. The summed E-state index contributed by atoms with van der Waals surface area (Å²) < 4.78 is 1.83. The van der Waals surface area contributed by atoms with E-state index in [1.54, 1.807) is 17.9 Å². The summed E-state index contributed by atoms with van der Waals surface area (Å²) >= 11 is 1.47. The molecule has 0 aliphatic carbocycles. The second-order valence-corrected chi connectivity index (χ2v) is 7.11. The Bertz CT molecular complexity index is 1080. The number of rotatable bonds is 7. The lowest BCUT2D eigenvalue weighted by Gasteiger charge is -2.18. The Morgan fingerprint density at radius 2 is 2.14 bits per heavy atom. The molecule has 1 aromatic carbocycles. The van der Waals surface area contributed by atoms with Gasteiger partial charge in [-0.2, -0.15) is 0 Å². The van der Waals surface area contributed by atoms with Gasteiger partial charge in [0.05, 0.1) is 0 Å². The highest BCUT2D eigenvalue weighted by atomic mass is 32.1. The van der Waals surface area contributed by atoms with E-state index in [2.05, 4.69) is 25.5 Å². The van der Waals surface area contributed by atoms with E-state index in [0.717, 1.165) is 29.4 Å². The number of fused-ring (bicyclic) bond motifs is 1. The number of amides is 1. The number of carbonyl (C=O) groups is 1. The highest BCUT2D eigenvalue weighted by molar-refractivity contribution is 7.13. The molecule has 8 nitrogen and oxygen atoms in total. The zero-order valence-corrected chi connectivity index (χ0v) is 16.1. The number of benzene rings is 1. The predicted octanol–water partition coefficient (Wildman–Crippen LogP) is 2.50. The van der Waals surface area contributed by atoms with E-state index in [1.165, 1.54) is 11.3 Å². The van der Waals surface area contributed by atoms with Crippen molar-refractivity contribution in [2.45, 2.75) is 6.42 Å². The number of aromatic nitrogens is 5. The minimum atomic E-state index is -0.154. The summed E-state index contributed by atoms with van der Waals surface area (Å²) in [5, 5.41) is 13.6. The third-order valence-electron chi connectivity index (χ3n) is 4.27. The SMILES string of the molecule is CN(CCCNC(=O)c1csc(-c2ccccc2)n1)c1nccn2cnnc12. The molecule has 0 saturated heterocycles. The van der Waals surface area contributed by atoms with Crippen molar-refractivity contribution < 1.29 is 4.79 Å². The van der Waals surface area contributed by atoms with Gasteiger partial charge >= 0.3 is 0 Å². The minimum absolute atomic E-state index is 0.154. The minimum Gasteiger partial charge on any atom is -0.356 e. The summed E-state index contributed by atoms with van der Waals surface area (Å²) in [6.07, 6.45) is 5.95. The normalized spacial score (nSPS) is 10.9. The number of nitrogens with zero attached hydrogens (tertiary/aromatic N) is 6. The van der Waals surface area contributed by atoms with Crippen LogP contribution in [0.4, 0.5) is 5.82 Å². The van der Waals surface area contributed by atoms with Crippen LogP contribution in [-0.2, 0) is 0 Å². The summed E-state index contributed by atoms with van der Waals surface area (Å²) in [5.74, 6) is 0.608. The molecule has 0 bridgehead atoms. The van der Waals surface area contributed by atoms with Crippen molar-refractivity contribution in [3.63, 3.8) is 0 Å². The summed E-state index contributed by atoms with van der Waals surface area (Å²) in [5.41, 5.74) is 2.18. The number of nitrogens with one attached hydrogen (secondary N) is 1. The van der Waals surface area contributed by atoms with Gasteiger partial charge in [0, 0.05) is 43.5 Å². The van der Waals surface area contributed by atoms with E-state index in [0.29, 0.717) is 17.9 Å². The van der Waals surface area contributed by atoms with Gasteiger partial charge in [0.15, 0.2) is 5.82 Å². The van der Waals surface area contributed by atoms with Crippen molar-refractivity contribution in [1.29, 1.82) is 0 Å². The van der Waals surface area contributed by atoms with Crippen LogP contribution in [0.1, 0.15) is 16.9 Å². The van der Waals surface area contributed by atoms with E-state index < -0.39 is 0 Å². The van der Waals surface area contributed by atoms with Crippen LogP contribution >= 0.6 is 11.3 Å².